The van der Waals surface area contributed by atoms with Gasteiger partial charge in [-0.2, -0.15) is 0 Å². The van der Waals surface area contributed by atoms with E-state index in [4.69, 9.17) is 4.42 Å². The summed E-state index contributed by atoms with van der Waals surface area (Å²) in [5, 5.41) is 6.19. The van der Waals surface area contributed by atoms with Crippen LogP contribution in [-0.4, -0.2) is 35.1 Å². The molecular formula is C28H25N3O4. The topological polar surface area (TPSA) is 91.6 Å². The SMILES string of the molecule is Cc1ccc2c(c1C)NC(=O)C21C(C(=O)c2ccco2)C2(C(=O)Nc3ccccc32)C2CCCN21. The Morgan fingerprint density at radius 1 is 1.00 bits per heavy atom. The van der Waals surface area contributed by atoms with Crippen LogP contribution in [0, 0.1) is 19.8 Å². The molecule has 4 atom stereocenters. The van der Waals surface area contributed by atoms with Gasteiger partial charge in [0.25, 0.3) is 0 Å². The number of nitrogens with zero attached hydrogens (tertiary/aromatic N) is 1. The molecule has 2 fully saturated rings. The first-order chi connectivity index (χ1) is 16.9. The number of rotatable bonds is 2. The largest absolute Gasteiger partial charge is 0.461 e. The molecule has 7 nitrogen and oxygen atoms in total. The maximum Gasteiger partial charge on any atom is 0.250 e. The van der Waals surface area contributed by atoms with Gasteiger partial charge in [0.15, 0.2) is 5.76 Å². The molecule has 2 N–H and O–H groups in total. The third-order valence-electron chi connectivity index (χ3n) is 8.86. The van der Waals surface area contributed by atoms with Crippen molar-refractivity contribution in [3.63, 3.8) is 0 Å². The summed E-state index contributed by atoms with van der Waals surface area (Å²) in [5.41, 5.74) is 2.53. The fourth-order valence-electron chi connectivity index (χ4n) is 7.42. The van der Waals surface area contributed by atoms with Crippen molar-refractivity contribution in [3.8, 4) is 0 Å². The van der Waals surface area contributed by atoms with E-state index in [2.05, 4.69) is 15.5 Å². The molecule has 2 spiro atoms. The lowest BCUT2D eigenvalue weighted by atomic mass is 9.60. The first kappa shape index (κ1) is 20.6. The molecule has 35 heavy (non-hydrogen) atoms. The van der Waals surface area contributed by atoms with Gasteiger partial charge in [-0.15, -0.1) is 0 Å². The highest BCUT2D eigenvalue weighted by atomic mass is 16.3. The normalized spacial score (nSPS) is 30.5. The number of benzene rings is 2. The second-order valence-electron chi connectivity index (χ2n) is 10.1. The molecule has 5 heterocycles. The number of hydrogen-bond donors (Lipinski definition) is 2. The lowest BCUT2D eigenvalue weighted by molar-refractivity contribution is -0.128. The van der Waals surface area contributed by atoms with Gasteiger partial charge < -0.3 is 15.1 Å². The Labute approximate surface area is 202 Å². The first-order valence-electron chi connectivity index (χ1n) is 12.1. The lowest BCUT2D eigenvalue weighted by Crippen LogP contribution is -2.55. The highest BCUT2D eigenvalue weighted by molar-refractivity contribution is 6.18. The fraction of sp³-hybridized carbons (Fsp3) is 0.321. The fourth-order valence-corrected chi connectivity index (χ4v) is 7.42. The number of carbonyl (C=O) groups excluding carboxylic acids is 3. The summed E-state index contributed by atoms with van der Waals surface area (Å²) in [6.07, 6.45) is 3.03. The third kappa shape index (κ3) is 2.19. The highest BCUT2D eigenvalue weighted by Gasteiger charge is 2.79. The first-order valence-corrected chi connectivity index (χ1v) is 12.1. The summed E-state index contributed by atoms with van der Waals surface area (Å²) in [4.78, 5) is 44.9. The number of amides is 2. The number of para-hydroxylation sites is 1. The Kier molecular flexibility index (Phi) is 3.95. The minimum absolute atomic E-state index is 0.164. The monoisotopic (exact) mass is 467 g/mol. The van der Waals surface area contributed by atoms with Crippen LogP contribution in [0.5, 0.6) is 0 Å². The number of fused-ring (bicyclic) bond motifs is 7. The number of ketones is 1. The third-order valence-corrected chi connectivity index (χ3v) is 8.86. The van der Waals surface area contributed by atoms with Crippen LogP contribution >= 0.6 is 0 Å². The minimum Gasteiger partial charge on any atom is -0.461 e. The Hall–Kier alpha value is -3.71. The van der Waals surface area contributed by atoms with E-state index in [-0.39, 0.29) is 29.4 Å². The van der Waals surface area contributed by atoms with E-state index >= 15 is 0 Å². The quantitative estimate of drug-likeness (QED) is 0.558. The number of aryl methyl sites for hydroxylation is 1. The molecule has 0 radical (unpaired) electrons. The molecule has 4 aliphatic rings. The van der Waals surface area contributed by atoms with Crippen molar-refractivity contribution in [2.45, 2.75) is 43.7 Å². The van der Waals surface area contributed by atoms with Crippen molar-refractivity contribution >= 4 is 29.0 Å². The summed E-state index contributed by atoms with van der Waals surface area (Å²) in [5.74, 6) is -1.61. The van der Waals surface area contributed by atoms with Gasteiger partial charge in [-0.1, -0.05) is 30.3 Å². The van der Waals surface area contributed by atoms with Crippen LogP contribution in [0.2, 0.25) is 0 Å². The second kappa shape index (κ2) is 6.70. The van der Waals surface area contributed by atoms with Crippen LogP contribution in [0.3, 0.4) is 0 Å². The van der Waals surface area contributed by atoms with Crippen LogP contribution in [0.4, 0.5) is 11.4 Å². The van der Waals surface area contributed by atoms with Crippen molar-refractivity contribution in [1.82, 2.24) is 4.90 Å². The molecule has 0 saturated carbocycles. The van der Waals surface area contributed by atoms with Crippen LogP contribution in [0.1, 0.15) is 45.7 Å². The van der Waals surface area contributed by atoms with Gasteiger partial charge in [0.2, 0.25) is 17.6 Å². The average Bonchev–Trinajstić information content (AvgIpc) is 3.65. The van der Waals surface area contributed by atoms with E-state index in [0.29, 0.717) is 12.2 Å². The molecular weight excluding hydrogens is 442 g/mol. The van der Waals surface area contributed by atoms with Crippen molar-refractivity contribution in [3.05, 3.63) is 82.8 Å². The zero-order valence-corrected chi connectivity index (χ0v) is 19.6. The van der Waals surface area contributed by atoms with E-state index in [1.807, 2.05) is 50.2 Å². The van der Waals surface area contributed by atoms with E-state index in [9.17, 15) is 14.4 Å². The molecule has 4 unspecified atom stereocenters. The van der Waals surface area contributed by atoms with Gasteiger partial charge in [-0.05, 0) is 68.1 Å². The maximum absolute atomic E-state index is 14.4. The minimum atomic E-state index is -1.31. The standard InChI is InChI=1S/C28H25N3O4/c1-15-11-12-18-22(16(15)2)30-26(34)28(18)24(23(32)20-9-6-14-35-20)27(21-10-5-13-31(21)28)17-7-3-4-8-19(17)29-25(27)33/h3-4,6-9,11-12,14,21,24H,5,10,13H2,1-2H3,(H,29,33)(H,30,34). The molecule has 7 heteroatoms. The van der Waals surface area contributed by atoms with E-state index in [0.717, 1.165) is 40.8 Å². The zero-order valence-electron chi connectivity index (χ0n) is 19.6. The summed E-state index contributed by atoms with van der Waals surface area (Å²) >= 11 is 0. The molecule has 7 rings (SSSR count). The molecule has 0 bridgehead atoms. The van der Waals surface area contributed by atoms with Crippen molar-refractivity contribution in [2.24, 2.45) is 5.92 Å². The van der Waals surface area contributed by atoms with Gasteiger partial charge in [-0.25, -0.2) is 0 Å². The van der Waals surface area contributed by atoms with Gasteiger partial charge in [0.05, 0.1) is 12.2 Å². The summed E-state index contributed by atoms with van der Waals surface area (Å²) in [6, 6.07) is 14.5. The highest BCUT2D eigenvalue weighted by Crippen LogP contribution is 2.66. The number of anilines is 2. The van der Waals surface area contributed by atoms with Gasteiger partial charge >= 0.3 is 0 Å². The van der Waals surface area contributed by atoms with Crippen LogP contribution in [-0.2, 0) is 20.5 Å². The smallest absolute Gasteiger partial charge is 0.250 e. The molecule has 2 aromatic carbocycles. The maximum atomic E-state index is 14.4. The number of furan rings is 1. The van der Waals surface area contributed by atoms with Crippen molar-refractivity contribution < 1.29 is 18.8 Å². The van der Waals surface area contributed by atoms with Crippen molar-refractivity contribution in [2.75, 3.05) is 17.2 Å². The summed E-state index contributed by atoms with van der Waals surface area (Å²) in [6.45, 7) is 4.62. The molecule has 4 aliphatic heterocycles. The summed E-state index contributed by atoms with van der Waals surface area (Å²) < 4.78 is 5.59. The Morgan fingerprint density at radius 3 is 2.63 bits per heavy atom. The second-order valence-corrected chi connectivity index (χ2v) is 10.1. The van der Waals surface area contributed by atoms with E-state index < -0.39 is 16.9 Å². The van der Waals surface area contributed by atoms with Crippen LogP contribution < -0.4 is 10.6 Å². The lowest BCUT2D eigenvalue weighted by Gasteiger charge is -2.37. The van der Waals surface area contributed by atoms with Crippen molar-refractivity contribution in [1.29, 1.82) is 0 Å². The van der Waals surface area contributed by atoms with E-state index in [1.54, 1.807) is 12.1 Å². The molecule has 1 aromatic heterocycles. The predicted molar refractivity (Wildman–Crippen MR) is 129 cm³/mol. The zero-order chi connectivity index (χ0) is 24.1. The van der Waals surface area contributed by atoms with Crippen LogP contribution in [0.25, 0.3) is 0 Å². The average molecular weight is 468 g/mol. The molecule has 176 valence electrons. The van der Waals surface area contributed by atoms with E-state index in [1.165, 1.54) is 6.26 Å². The Morgan fingerprint density at radius 2 is 1.83 bits per heavy atom. The summed E-state index contributed by atoms with van der Waals surface area (Å²) in [7, 11) is 0. The Balaban J connectivity index is 1.60. The van der Waals surface area contributed by atoms with Crippen LogP contribution in [0.15, 0.2) is 59.2 Å². The molecule has 2 saturated heterocycles. The molecule has 3 aromatic rings. The molecule has 2 amide bonds. The predicted octanol–water partition coefficient (Wildman–Crippen LogP) is 3.91. The van der Waals surface area contributed by atoms with Gasteiger partial charge in [0, 0.05) is 23.0 Å². The number of hydrogen-bond acceptors (Lipinski definition) is 5. The van der Waals surface area contributed by atoms with Gasteiger partial charge in [0.1, 0.15) is 11.0 Å². The molecule has 0 aliphatic carbocycles. The number of Topliss-reactive ketones (excluding diaryl/α,β-unsaturated/α-hetero) is 1. The number of carbonyl (C=O) groups is 3. The van der Waals surface area contributed by atoms with Gasteiger partial charge in [-0.3, -0.25) is 19.3 Å². The number of nitrogens with one attached hydrogen (secondary N) is 2. The Bertz CT molecular complexity index is 1440.